The van der Waals surface area contributed by atoms with Crippen LogP contribution in [0, 0.1) is 3.70 Å². The predicted octanol–water partition coefficient (Wildman–Crippen LogP) is 10.1. The molecule has 9 heteroatoms. The lowest BCUT2D eigenvalue weighted by Crippen LogP contribution is -2.38. The fraction of sp³-hybridized carbons (Fsp3) is 0.158. The van der Waals surface area contributed by atoms with Crippen molar-refractivity contribution < 1.29 is 9.47 Å². The molecule has 0 unspecified atom stereocenters. The van der Waals surface area contributed by atoms with Crippen LogP contribution in [0.25, 0.3) is 10.9 Å². The largest absolute Gasteiger partial charge is 0.492 e. The van der Waals surface area contributed by atoms with E-state index in [1.54, 1.807) is 0 Å². The Morgan fingerprint density at radius 1 is 0.660 bits per heavy atom. The van der Waals surface area contributed by atoms with Gasteiger partial charge >= 0.3 is 0 Å². The number of alkyl halides is 2. The summed E-state index contributed by atoms with van der Waals surface area (Å²) < 4.78 is 15.4. The molecular weight excluding hydrogens is 855 g/mol. The lowest BCUT2D eigenvalue weighted by atomic mass is 9.77. The summed E-state index contributed by atoms with van der Waals surface area (Å²) in [4.78, 5) is 4.35. The Kier molecular flexibility index (Phi) is 11.4. The van der Waals surface area contributed by atoms with Crippen molar-refractivity contribution in [2.45, 2.75) is 12.1 Å². The van der Waals surface area contributed by atoms with Crippen LogP contribution >= 0.6 is 68.4 Å². The van der Waals surface area contributed by atoms with E-state index in [-0.39, 0.29) is 0 Å². The van der Waals surface area contributed by atoms with Crippen molar-refractivity contribution in [3.8, 4) is 11.5 Å². The van der Waals surface area contributed by atoms with E-state index < -0.39 is 5.54 Å². The SMILES string of the molecule is ClCCOc1ccc2c(c1)C(I)=NC2.ClCCOc1ccc2c(c1)c(I)nn2C(c1ccccc1)(c1ccccc1)c1ccccc1. The molecule has 0 atom stereocenters. The van der Waals surface area contributed by atoms with E-state index in [1.165, 1.54) is 11.1 Å². The van der Waals surface area contributed by atoms with Crippen molar-refractivity contribution in [2.75, 3.05) is 25.0 Å². The highest BCUT2D eigenvalue weighted by atomic mass is 127. The van der Waals surface area contributed by atoms with Crippen LogP contribution in [-0.4, -0.2) is 38.5 Å². The van der Waals surface area contributed by atoms with Gasteiger partial charge in [0, 0.05) is 10.9 Å². The molecule has 1 aromatic heterocycles. The maximum Gasteiger partial charge on any atom is 0.138 e. The fourth-order valence-electron chi connectivity index (χ4n) is 5.84. The fourth-order valence-corrected chi connectivity index (χ4v) is 7.31. The minimum absolute atomic E-state index is 0.452. The molecule has 0 saturated carbocycles. The molecule has 0 saturated heterocycles. The van der Waals surface area contributed by atoms with Gasteiger partial charge < -0.3 is 9.47 Å². The van der Waals surface area contributed by atoms with Crippen molar-refractivity contribution in [3.63, 3.8) is 0 Å². The van der Waals surface area contributed by atoms with Crippen molar-refractivity contribution in [1.82, 2.24) is 9.78 Å². The van der Waals surface area contributed by atoms with E-state index in [4.69, 9.17) is 37.8 Å². The third-order valence-electron chi connectivity index (χ3n) is 7.88. The zero-order valence-electron chi connectivity index (χ0n) is 25.3. The van der Waals surface area contributed by atoms with Crippen molar-refractivity contribution in [2.24, 2.45) is 4.99 Å². The maximum absolute atomic E-state index is 5.83. The van der Waals surface area contributed by atoms with E-state index in [9.17, 15) is 0 Å². The van der Waals surface area contributed by atoms with Crippen LogP contribution in [0.15, 0.2) is 132 Å². The lowest BCUT2D eigenvalue weighted by Gasteiger charge is -2.37. The number of aromatic nitrogens is 2. The Labute approximate surface area is 312 Å². The van der Waals surface area contributed by atoms with Crippen LogP contribution in [0.2, 0.25) is 0 Å². The molecule has 6 aromatic rings. The van der Waals surface area contributed by atoms with E-state index in [0.29, 0.717) is 25.0 Å². The Hall–Kier alpha value is -3.12. The second kappa shape index (κ2) is 15.9. The third kappa shape index (κ3) is 7.18. The summed E-state index contributed by atoms with van der Waals surface area (Å²) in [6, 6.07) is 44.0. The van der Waals surface area contributed by atoms with Gasteiger partial charge in [0.15, 0.2) is 0 Å². The molecule has 0 N–H and O–H groups in total. The number of ether oxygens (including phenoxy) is 2. The molecule has 47 heavy (non-hydrogen) atoms. The molecule has 5 aromatic carbocycles. The quantitative estimate of drug-likeness (QED) is 0.0783. The molecule has 238 valence electrons. The molecule has 7 rings (SSSR count). The summed E-state index contributed by atoms with van der Waals surface area (Å²) in [6.07, 6.45) is 0. The number of aliphatic imine (C=N–C) groups is 1. The second-order valence-corrected chi connectivity index (χ2v) is 13.5. The number of nitrogens with zero attached hydrogens (tertiary/aromatic N) is 3. The van der Waals surface area contributed by atoms with Crippen LogP contribution in [0.3, 0.4) is 0 Å². The van der Waals surface area contributed by atoms with Gasteiger partial charge in [-0.2, -0.15) is 5.10 Å². The van der Waals surface area contributed by atoms with E-state index >= 15 is 0 Å². The molecule has 0 bridgehead atoms. The summed E-state index contributed by atoms with van der Waals surface area (Å²) in [6.45, 7) is 1.82. The van der Waals surface area contributed by atoms with E-state index in [1.807, 2.05) is 18.2 Å². The molecular formula is C38H31Cl2I2N3O2. The molecule has 0 fully saturated rings. The maximum atomic E-state index is 5.83. The van der Waals surface area contributed by atoms with Gasteiger partial charge in [0.05, 0.1) is 23.8 Å². The van der Waals surface area contributed by atoms with Crippen molar-refractivity contribution >= 4 is 83.0 Å². The zero-order valence-corrected chi connectivity index (χ0v) is 31.2. The standard InChI is InChI=1S/C28H22ClIN2O.C10H9ClINO/c29-18-19-33-24-16-17-26-25(20-24)27(30)31-32(26)28(21-10-4-1-5-11-21,22-12-6-2-7-13-22)23-14-8-3-9-15-23;11-3-4-14-8-2-1-7-6-13-10(12)9(7)5-8/h1-17,20H,18-19H2;1-2,5H,3-4,6H2. The topological polar surface area (TPSA) is 48.6 Å². The van der Waals surface area contributed by atoms with Gasteiger partial charge in [-0.25, -0.2) is 4.68 Å². The third-order valence-corrected chi connectivity index (χ3v) is 9.91. The molecule has 0 radical (unpaired) electrons. The first-order chi connectivity index (χ1) is 23.1. The molecule has 0 aliphatic carbocycles. The van der Waals surface area contributed by atoms with Gasteiger partial charge in [-0.05, 0) is 97.8 Å². The van der Waals surface area contributed by atoms with Gasteiger partial charge in [-0.1, -0.05) is 97.1 Å². The smallest absolute Gasteiger partial charge is 0.138 e. The number of rotatable bonds is 10. The van der Waals surface area contributed by atoms with Gasteiger partial charge in [0.1, 0.15) is 37.7 Å². The summed E-state index contributed by atoms with van der Waals surface area (Å²) >= 11 is 15.9. The molecule has 1 aliphatic rings. The summed E-state index contributed by atoms with van der Waals surface area (Å²) in [5, 5.41) is 6.19. The molecule has 1 aliphatic heterocycles. The van der Waals surface area contributed by atoms with Crippen LogP contribution in [0.4, 0.5) is 0 Å². The first kappa shape index (κ1) is 33.8. The Bertz CT molecular complexity index is 1870. The summed E-state index contributed by atoms with van der Waals surface area (Å²) in [5.74, 6) is 2.64. The first-order valence-electron chi connectivity index (χ1n) is 15.1. The predicted molar refractivity (Wildman–Crippen MR) is 210 cm³/mol. The van der Waals surface area contributed by atoms with Crippen LogP contribution in [-0.2, 0) is 12.1 Å². The zero-order chi connectivity index (χ0) is 32.6. The average molecular weight is 886 g/mol. The molecule has 2 heterocycles. The van der Waals surface area contributed by atoms with Crippen LogP contribution in [0.5, 0.6) is 11.5 Å². The van der Waals surface area contributed by atoms with Crippen molar-refractivity contribution in [1.29, 1.82) is 0 Å². The van der Waals surface area contributed by atoms with E-state index in [0.717, 1.165) is 53.1 Å². The highest BCUT2D eigenvalue weighted by Crippen LogP contribution is 2.43. The highest BCUT2D eigenvalue weighted by molar-refractivity contribution is 14.1. The summed E-state index contributed by atoms with van der Waals surface area (Å²) in [7, 11) is 0. The monoisotopic (exact) mass is 885 g/mol. The van der Waals surface area contributed by atoms with Crippen LogP contribution < -0.4 is 9.47 Å². The minimum Gasteiger partial charge on any atom is -0.492 e. The number of halogens is 4. The van der Waals surface area contributed by atoms with E-state index in [2.05, 4.69) is 164 Å². The number of benzene rings is 5. The number of hydrogen-bond donors (Lipinski definition) is 0. The Balaban J connectivity index is 0.000000230. The first-order valence-corrected chi connectivity index (χ1v) is 18.3. The lowest BCUT2D eigenvalue weighted by molar-refractivity contribution is 0.342. The second-order valence-electron chi connectivity index (χ2n) is 10.7. The van der Waals surface area contributed by atoms with Crippen molar-refractivity contribution in [3.05, 3.63) is 159 Å². The van der Waals surface area contributed by atoms with Crippen LogP contribution in [0.1, 0.15) is 27.8 Å². The molecule has 0 amide bonds. The Morgan fingerprint density at radius 3 is 1.70 bits per heavy atom. The minimum atomic E-state index is -0.649. The number of fused-ring (bicyclic) bond motifs is 2. The van der Waals surface area contributed by atoms with Gasteiger partial charge in [-0.3, -0.25) is 4.99 Å². The molecule has 0 spiro atoms. The average Bonchev–Trinajstić information content (AvgIpc) is 3.67. The van der Waals surface area contributed by atoms with Gasteiger partial charge in [0.2, 0.25) is 0 Å². The normalized spacial score (nSPS) is 12.2. The summed E-state index contributed by atoms with van der Waals surface area (Å²) in [5.41, 5.74) is 6.28. The van der Waals surface area contributed by atoms with Gasteiger partial charge in [-0.15, -0.1) is 23.2 Å². The molecule has 5 nitrogen and oxygen atoms in total. The number of hydrogen-bond acceptors (Lipinski definition) is 4. The highest BCUT2D eigenvalue weighted by Gasteiger charge is 2.40. The Morgan fingerprint density at radius 2 is 1.17 bits per heavy atom. The van der Waals surface area contributed by atoms with Gasteiger partial charge in [0.25, 0.3) is 0 Å².